The normalized spacial score (nSPS) is 11.4. The summed E-state index contributed by atoms with van der Waals surface area (Å²) in [5.74, 6) is -0.301. The summed E-state index contributed by atoms with van der Waals surface area (Å²) in [6, 6.07) is 20.4. The number of hydrogen-bond acceptors (Lipinski definition) is 5. The highest BCUT2D eigenvalue weighted by Crippen LogP contribution is 2.29. The molecule has 1 amide bonds. The Balaban J connectivity index is 1.48. The number of anilines is 2. The molecular formula is C22H19N3O3S2. The van der Waals surface area contributed by atoms with Crippen molar-refractivity contribution in [1.29, 1.82) is 0 Å². The summed E-state index contributed by atoms with van der Waals surface area (Å²) in [4.78, 5) is 17.3. The fourth-order valence-corrected chi connectivity index (χ4v) is 5.01. The van der Waals surface area contributed by atoms with Crippen LogP contribution < -0.4 is 10.0 Å². The van der Waals surface area contributed by atoms with Gasteiger partial charge in [-0.25, -0.2) is 13.4 Å². The number of sulfonamides is 1. The van der Waals surface area contributed by atoms with Crippen molar-refractivity contribution in [2.24, 2.45) is 0 Å². The molecule has 30 heavy (non-hydrogen) atoms. The highest BCUT2D eigenvalue weighted by Gasteiger charge is 2.15. The number of hydrogen-bond donors (Lipinski definition) is 2. The molecule has 0 aliphatic heterocycles. The molecule has 0 radical (unpaired) electrons. The second-order valence-electron chi connectivity index (χ2n) is 6.59. The largest absolute Gasteiger partial charge is 0.298 e. The smallest absolute Gasteiger partial charge is 0.261 e. The van der Waals surface area contributed by atoms with Crippen molar-refractivity contribution in [3.63, 3.8) is 0 Å². The van der Waals surface area contributed by atoms with E-state index in [1.54, 1.807) is 42.5 Å². The number of benzene rings is 3. The number of nitrogens with one attached hydrogen (secondary N) is 2. The Morgan fingerprint density at radius 1 is 0.967 bits per heavy atom. The van der Waals surface area contributed by atoms with Gasteiger partial charge in [0.1, 0.15) is 0 Å². The molecule has 0 atom stereocenters. The van der Waals surface area contributed by atoms with Gasteiger partial charge >= 0.3 is 0 Å². The monoisotopic (exact) mass is 437 g/mol. The SMILES string of the molecule is CCc1cccc2sc(NC(=O)c3ccc(NS(=O)(=O)c4ccccc4)cc3)nc12. The molecule has 0 saturated heterocycles. The maximum absolute atomic E-state index is 12.6. The first-order valence-electron chi connectivity index (χ1n) is 9.34. The van der Waals surface area contributed by atoms with Crippen LogP contribution in [0, 0.1) is 0 Å². The molecule has 8 heteroatoms. The van der Waals surface area contributed by atoms with Crippen molar-refractivity contribution in [2.45, 2.75) is 18.2 Å². The molecule has 4 rings (SSSR count). The van der Waals surface area contributed by atoms with Crippen molar-refractivity contribution in [3.8, 4) is 0 Å². The highest BCUT2D eigenvalue weighted by molar-refractivity contribution is 7.92. The third-order valence-corrected chi connectivity index (χ3v) is 6.89. The summed E-state index contributed by atoms with van der Waals surface area (Å²) in [5.41, 5.74) is 2.83. The van der Waals surface area contributed by atoms with Crippen molar-refractivity contribution < 1.29 is 13.2 Å². The van der Waals surface area contributed by atoms with Gasteiger partial charge in [-0.2, -0.15) is 0 Å². The zero-order valence-corrected chi connectivity index (χ0v) is 17.8. The average molecular weight is 438 g/mol. The zero-order chi connectivity index (χ0) is 21.1. The molecule has 0 bridgehead atoms. The minimum Gasteiger partial charge on any atom is -0.298 e. The van der Waals surface area contributed by atoms with Crippen molar-refractivity contribution in [3.05, 3.63) is 83.9 Å². The van der Waals surface area contributed by atoms with E-state index in [0.29, 0.717) is 16.4 Å². The predicted molar refractivity (Wildman–Crippen MR) is 121 cm³/mol. The lowest BCUT2D eigenvalue weighted by Crippen LogP contribution is -2.14. The van der Waals surface area contributed by atoms with E-state index in [1.807, 2.05) is 18.2 Å². The lowest BCUT2D eigenvalue weighted by atomic mass is 10.1. The summed E-state index contributed by atoms with van der Waals surface area (Å²) in [6.07, 6.45) is 0.870. The Bertz CT molecular complexity index is 1300. The van der Waals surface area contributed by atoms with E-state index < -0.39 is 10.0 Å². The molecule has 0 unspecified atom stereocenters. The van der Waals surface area contributed by atoms with Crippen LogP contribution in [-0.4, -0.2) is 19.3 Å². The number of aromatic nitrogens is 1. The number of aryl methyl sites for hydroxylation is 1. The predicted octanol–water partition coefficient (Wildman–Crippen LogP) is 4.91. The van der Waals surface area contributed by atoms with Gasteiger partial charge in [0.25, 0.3) is 15.9 Å². The molecule has 152 valence electrons. The first-order valence-corrected chi connectivity index (χ1v) is 11.6. The summed E-state index contributed by atoms with van der Waals surface area (Å²) in [6.45, 7) is 2.07. The van der Waals surface area contributed by atoms with Crippen LogP contribution in [0.25, 0.3) is 10.2 Å². The van der Waals surface area contributed by atoms with E-state index in [9.17, 15) is 13.2 Å². The van der Waals surface area contributed by atoms with Crippen LogP contribution in [-0.2, 0) is 16.4 Å². The summed E-state index contributed by atoms with van der Waals surface area (Å²) in [7, 11) is -3.68. The van der Waals surface area contributed by atoms with Crippen molar-refractivity contribution >= 4 is 48.3 Å². The molecule has 0 saturated carbocycles. The van der Waals surface area contributed by atoms with Crippen LogP contribution in [0.1, 0.15) is 22.8 Å². The average Bonchev–Trinajstić information content (AvgIpc) is 3.17. The molecule has 0 spiro atoms. The quantitative estimate of drug-likeness (QED) is 0.448. The number of thiazole rings is 1. The van der Waals surface area contributed by atoms with Gasteiger partial charge in [-0.05, 0) is 54.4 Å². The van der Waals surface area contributed by atoms with Crippen molar-refractivity contribution in [1.82, 2.24) is 4.98 Å². The molecule has 0 aliphatic carbocycles. The van der Waals surface area contributed by atoms with Gasteiger partial charge < -0.3 is 0 Å². The first-order chi connectivity index (χ1) is 14.5. The number of para-hydroxylation sites is 1. The van der Waals surface area contributed by atoms with Crippen LogP contribution in [0.2, 0.25) is 0 Å². The minimum absolute atomic E-state index is 0.175. The molecule has 3 aromatic carbocycles. The first kappa shape index (κ1) is 20.1. The second-order valence-corrected chi connectivity index (χ2v) is 9.30. The molecule has 1 aromatic heterocycles. The molecule has 2 N–H and O–H groups in total. The summed E-state index contributed by atoms with van der Waals surface area (Å²) >= 11 is 1.42. The van der Waals surface area contributed by atoms with Gasteiger partial charge in [0.05, 0.1) is 15.1 Å². The highest BCUT2D eigenvalue weighted by atomic mass is 32.2. The number of amides is 1. The maximum atomic E-state index is 12.6. The number of carbonyl (C=O) groups excluding carboxylic acids is 1. The second kappa shape index (κ2) is 8.25. The minimum atomic E-state index is -3.68. The molecule has 6 nitrogen and oxygen atoms in total. The van der Waals surface area contributed by atoms with Gasteiger partial charge in [0, 0.05) is 11.3 Å². The van der Waals surface area contributed by atoms with Crippen molar-refractivity contribution in [2.75, 3.05) is 10.0 Å². The summed E-state index contributed by atoms with van der Waals surface area (Å²) in [5, 5.41) is 3.35. The van der Waals surface area contributed by atoms with E-state index in [-0.39, 0.29) is 10.8 Å². The van der Waals surface area contributed by atoms with E-state index in [1.165, 1.54) is 23.5 Å². The van der Waals surface area contributed by atoms with Crippen LogP contribution in [0.5, 0.6) is 0 Å². The zero-order valence-electron chi connectivity index (χ0n) is 16.1. The number of rotatable bonds is 6. The topological polar surface area (TPSA) is 88.2 Å². The van der Waals surface area contributed by atoms with Crippen LogP contribution in [0.15, 0.2) is 77.7 Å². The Labute approximate surface area is 178 Å². The van der Waals surface area contributed by atoms with Gasteiger partial charge in [0.15, 0.2) is 5.13 Å². The number of fused-ring (bicyclic) bond motifs is 1. The van der Waals surface area contributed by atoms with E-state index in [4.69, 9.17) is 0 Å². The molecule has 4 aromatic rings. The van der Waals surface area contributed by atoms with Gasteiger partial charge in [-0.15, -0.1) is 0 Å². The fourth-order valence-electron chi connectivity index (χ4n) is 3.02. The third kappa shape index (κ3) is 4.19. The number of nitrogens with zero attached hydrogens (tertiary/aromatic N) is 1. The van der Waals surface area contributed by atoms with E-state index >= 15 is 0 Å². The lowest BCUT2D eigenvalue weighted by Gasteiger charge is -2.08. The van der Waals surface area contributed by atoms with Crippen LogP contribution in [0.4, 0.5) is 10.8 Å². The molecule has 1 heterocycles. The third-order valence-electron chi connectivity index (χ3n) is 4.56. The molecular weight excluding hydrogens is 418 g/mol. The van der Waals surface area contributed by atoms with Gasteiger partial charge in [-0.1, -0.05) is 48.6 Å². The van der Waals surface area contributed by atoms with E-state index in [2.05, 4.69) is 21.9 Å². The number of carbonyl (C=O) groups is 1. The van der Waals surface area contributed by atoms with Gasteiger partial charge in [-0.3, -0.25) is 14.8 Å². The molecule has 0 aliphatic rings. The fraction of sp³-hybridized carbons (Fsp3) is 0.0909. The lowest BCUT2D eigenvalue weighted by molar-refractivity contribution is 0.102. The van der Waals surface area contributed by atoms with E-state index in [0.717, 1.165) is 22.2 Å². The van der Waals surface area contributed by atoms with Crippen LogP contribution in [0.3, 0.4) is 0 Å². The molecule has 0 fully saturated rings. The maximum Gasteiger partial charge on any atom is 0.261 e. The standard InChI is InChI=1S/C22H19N3O3S2/c1-2-15-7-6-10-19-20(15)23-22(29-19)24-21(26)16-11-13-17(14-12-16)25-30(27,28)18-8-4-3-5-9-18/h3-14,25H,2H2,1H3,(H,23,24,26). The Kier molecular flexibility index (Phi) is 5.52. The Hall–Kier alpha value is -3.23. The Morgan fingerprint density at radius 2 is 1.70 bits per heavy atom. The Morgan fingerprint density at radius 3 is 2.40 bits per heavy atom. The van der Waals surface area contributed by atoms with Crippen LogP contribution >= 0.6 is 11.3 Å². The summed E-state index contributed by atoms with van der Waals surface area (Å²) < 4.78 is 28.3. The van der Waals surface area contributed by atoms with Gasteiger partial charge in [0.2, 0.25) is 0 Å².